The molecule has 10 heteroatoms. The Hall–Kier alpha value is -3.89. The number of sulfonamides is 1. The van der Waals surface area contributed by atoms with E-state index in [2.05, 4.69) is 5.32 Å². The number of carbonyl (C=O) groups excluding carboxylic acids is 1. The van der Waals surface area contributed by atoms with Crippen molar-refractivity contribution in [2.24, 2.45) is 5.92 Å². The zero-order chi connectivity index (χ0) is 25.6. The van der Waals surface area contributed by atoms with Gasteiger partial charge in [-0.05, 0) is 66.4 Å². The Morgan fingerprint density at radius 3 is 2.62 bits per heavy atom. The van der Waals surface area contributed by atoms with Crippen LogP contribution in [0, 0.1) is 5.92 Å². The van der Waals surface area contributed by atoms with Crippen LogP contribution in [0.5, 0.6) is 11.5 Å². The zero-order valence-electron chi connectivity index (χ0n) is 19.9. The second kappa shape index (κ2) is 9.20. The maximum Gasteiger partial charge on any atom is 0.250 e. The standard InChI is InChI=1S/C27H25N3O6S/c31-26(11-5-18-4-10-24-25(13-18)36-17-35-24)28-21-6-8-22(9-7-21)37(33,34)29-14-19-12-20(16-29)23-2-1-3-27(32)30(23)15-19/h1-11,13,19-20H,12,14-17H2,(H,28,31)/b11-5-/t19-,20-/m1/s1. The number of hydrogen-bond acceptors (Lipinski definition) is 6. The van der Waals surface area contributed by atoms with Crippen LogP contribution >= 0.6 is 0 Å². The number of hydrogen-bond donors (Lipinski definition) is 1. The lowest BCUT2D eigenvalue weighted by atomic mass is 9.84. The van der Waals surface area contributed by atoms with Gasteiger partial charge in [0, 0.05) is 49.1 Å². The van der Waals surface area contributed by atoms with Crippen LogP contribution in [0.3, 0.4) is 0 Å². The Labute approximate surface area is 214 Å². The molecule has 1 aromatic heterocycles. The summed E-state index contributed by atoms with van der Waals surface area (Å²) in [6, 6.07) is 16.8. The Bertz CT molecular complexity index is 1560. The molecule has 9 nitrogen and oxygen atoms in total. The molecule has 3 aliphatic rings. The SMILES string of the molecule is O=C(/C=C\c1ccc2c(c1)OCO2)Nc1ccc(S(=O)(=O)N2C[C@H]3C[C@H](C2)c2cccc(=O)n2C3)cc1. The molecule has 1 saturated heterocycles. The van der Waals surface area contributed by atoms with Crippen molar-refractivity contribution in [1.29, 1.82) is 0 Å². The predicted octanol–water partition coefficient (Wildman–Crippen LogP) is 3.04. The van der Waals surface area contributed by atoms with Gasteiger partial charge in [-0.1, -0.05) is 12.1 Å². The largest absolute Gasteiger partial charge is 0.454 e. The van der Waals surface area contributed by atoms with Gasteiger partial charge in [0.25, 0.3) is 5.56 Å². The van der Waals surface area contributed by atoms with E-state index < -0.39 is 10.0 Å². The maximum atomic E-state index is 13.4. The number of amides is 1. The van der Waals surface area contributed by atoms with E-state index in [1.54, 1.807) is 47.0 Å². The molecule has 1 N–H and O–H groups in total. The molecule has 2 atom stereocenters. The highest BCUT2D eigenvalue weighted by atomic mass is 32.2. The summed E-state index contributed by atoms with van der Waals surface area (Å²) in [5.41, 5.74) is 2.14. The number of aromatic nitrogens is 1. The lowest BCUT2D eigenvalue weighted by Crippen LogP contribution is -2.48. The van der Waals surface area contributed by atoms with E-state index >= 15 is 0 Å². The number of nitrogens with one attached hydrogen (secondary N) is 1. The molecule has 190 valence electrons. The summed E-state index contributed by atoms with van der Waals surface area (Å²) in [6.45, 7) is 1.43. The molecule has 1 fully saturated rings. The smallest absolute Gasteiger partial charge is 0.250 e. The van der Waals surface area contributed by atoms with Crippen molar-refractivity contribution in [2.75, 3.05) is 25.2 Å². The topological polar surface area (TPSA) is 107 Å². The van der Waals surface area contributed by atoms with E-state index in [1.807, 2.05) is 12.1 Å². The van der Waals surface area contributed by atoms with Gasteiger partial charge in [-0.25, -0.2) is 8.42 Å². The number of ether oxygens (including phenoxy) is 2. The molecular formula is C27H25N3O6S. The highest BCUT2D eigenvalue weighted by Crippen LogP contribution is 2.37. The lowest BCUT2D eigenvalue weighted by molar-refractivity contribution is -0.111. The third-order valence-electron chi connectivity index (χ3n) is 7.03. The van der Waals surface area contributed by atoms with Crippen LogP contribution < -0.4 is 20.3 Å². The Kier molecular flexibility index (Phi) is 5.85. The van der Waals surface area contributed by atoms with Crippen LogP contribution in [0.25, 0.3) is 6.08 Å². The van der Waals surface area contributed by atoms with Gasteiger partial charge in [-0.2, -0.15) is 4.31 Å². The Morgan fingerprint density at radius 1 is 0.973 bits per heavy atom. The molecule has 0 radical (unpaired) electrons. The minimum atomic E-state index is -3.72. The van der Waals surface area contributed by atoms with E-state index in [4.69, 9.17) is 9.47 Å². The van der Waals surface area contributed by atoms with Gasteiger partial charge >= 0.3 is 0 Å². The summed E-state index contributed by atoms with van der Waals surface area (Å²) in [5, 5.41) is 2.75. The molecule has 4 heterocycles. The highest BCUT2D eigenvalue weighted by Gasteiger charge is 2.39. The van der Waals surface area contributed by atoms with Crippen LogP contribution in [0.15, 0.2) is 76.4 Å². The molecule has 3 aromatic rings. The first-order valence-corrected chi connectivity index (χ1v) is 13.5. The van der Waals surface area contributed by atoms with Gasteiger partial charge in [0.1, 0.15) is 0 Å². The number of carbonyl (C=O) groups is 1. The molecular weight excluding hydrogens is 494 g/mol. The maximum absolute atomic E-state index is 13.4. The van der Waals surface area contributed by atoms with Gasteiger partial charge < -0.3 is 19.4 Å². The summed E-state index contributed by atoms with van der Waals surface area (Å²) in [4.78, 5) is 24.8. The first-order chi connectivity index (χ1) is 17.9. The summed E-state index contributed by atoms with van der Waals surface area (Å²) >= 11 is 0. The molecule has 0 saturated carbocycles. The van der Waals surface area contributed by atoms with Crippen molar-refractivity contribution in [3.05, 3.63) is 88.4 Å². The first kappa shape index (κ1) is 23.5. The first-order valence-electron chi connectivity index (χ1n) is 12.1. The van der Waals surface area contributed by atoms with Crippen LogP contribution in [0.2, 0.25) is 0 Å². The average Bonchev–Trinajstić information content (AvgIpc) is 3.36. The minimum Gasteiger partial charge on any atom is -0.454 e. The molecule has 3 aliphatic heterocycles. The number of nitrogens with zero attached hydrogens (tertiary/aromatic N) is 2. The molecule has 6 rings (SSSR count). The second-order valence-corrected chi connectivity index (χ2v) is 11.4. The van der Waals surface area contributed by atoms with E-state index in [0.717, 1.165) is 17.7 Å². The Morgan fingerprint density at radius 2 is 1.78 bits per heavy atom. The fraction of sp³-hybridized carbons (Fsp3) is 0.259. The van der Waals surface area contributed by atoms with E-state index in [9.17, 15) is 18.0 Å². The zero-order valence-corrected chi connectivity index (χ0v) is 20.7. The predicted molar refractivity (Wildman–Crippen MR) is 137 cm³/mol. The van der Waals surface area contributed by atoms with Gasteiger partial charge in [0.2, 0.25) is 22.7 Å². The molecule has 2 bridgehead atoms. The van der Waals surface area contributed by atoms with Crippen LogP contribution in [-0.2, 0) is 21.4 Å². The van der Waals surface area contributed by atoms with Gasteiger partial charge in [-0.3, -0.25) is 9.59 Å². The summed E-state index contributed by atoms with van der Waals surface area (Å²) in [5.74, 6) is 1.05. The number of piperidine rings is 1. The normalized spacial score (nSPS) is 20.5. The average molecular weight is 520 g/mol. The van der Waals surface area contributed by atoms with Crippen molar-refractivity contribution in [3.8, 4) is 11.5 Å². The van der Waals surface area contributed by atoms with Crippen LogP contribution in [0.4, 0.5) is 5.69 Å². The number of rotatable bonds is 5. The number of anilines is 1. The van der Waals surface area contributed by atoms with Crippen molar-refractivity contribution < 1.29 is 22.7 Å². The monoisotopic (exact) mass is 519 g/mol. The van der Waals surface area contributed by atoms with E-state index in [0.29, 0.717) is 36.8 Å². The molecule has 2 aromatic carbocycles. The van der Waals surface area contributed by atoms with Crippen LogP contribution in [-0.4, -0.2) is 43.1 Å². The molecule has 0 spiro atoms. The Balaban J connectivity index is 1.12. The number of benzene rings is 2. The lowest BCUT2D eigenvalue weighted by Gasteiger charge is -2.42. The third kappa shape index (κ3) is 4.54. The van der Waals surface area contributed by atoms with Crippen LogP contribution in [0.1, 0.15) is 23.6 Å². The van der Waals surface area contributed by atoms with Gasteiger partial charge in [0.15, 0.2) is 11.5 Å². The summed E-state index contributed by atoms with van der Waals surface area (Å²) < 4.78 is 40.7. The molecule has 0 aliphatic carbocycles. The second-order valence-electron chi connectivity index (χ2n) is 9.48. The number of pyridine rings is 1. The molecule has 37 heavy (non-hydrogen) atoms. The minimum absolute atomic E-state index is 0.00807. The molecule has 0 unspecified atom stereocenters. The highest BCUT2D eigenvalue weighted by molar-refractivity contribution is 7.89. The van der Waals surface area contributed by atoms with Crippen molar-refractivity contribution in [1.82, 2.24) is 8.87 Å². The van der Waals surface area contributed by atoms with E-state index in [1.165, 1.54) is 22.5 Å². The fourth-order valence-corrected chi connectivity index (χ4v) is 6.84. The van der Waals surface area contributed by atoms with Crippen molar-refractivity contribution in [3.63, 3.8) is 0 Å². The quantitative estimate of drug-likeness (QED) is 0.520. The number of fused-ring (bicyclic) bond motifs is 5. The van der Waals surface area contributed by atoms with Gasteiger partial charge in [-0.15, -0.1) is 0 Å². The summed E-state index contributed by atoms with van der Waals surface area (Å²) in [6.07, 6.45) is 3.94. The van der Waals surface area contributed by atoms with Crippen molar-refractivity contribution >= 4 is 27.7 Å². The fourth-order valence-electron chi connectivity index (χ4n) is 5.28. The van der Waals surface area contributed by atoms with Gasteiger partial charge in [0.05, 0.1) is 4.90 Å². The summed E-state index contributed by atoms with van der Waals surface area (Å²) in [7, 11) is -3.72. The van der Waals surface area contributed by atoms with Crippen molar-refractivity contribution in [2.45, 2.75) is 23.8 Å². The van der Waals surface area contributed by atoms with E-state index in [-0.39, 0.29) is 35.0 Å². The molecule has 1 amide bonds. The third-order valence-corrected chi connectivity index (χ3v) is 8.88.